The highest BCUT2D eigenvalue weighted by Crippen LogP contribution is 2.22. The highest BCUT2D eigenvalue weighted by Gasteiger charge is 2.10. The van der Waals surface area contributed by atoms with Gasteiger partial charge in [-0.05, 0) is 24.1 Å². The average Bonchev–Trinajstić information content (AvgIpc) is 2.36. The smallest absolute Gasteiger partial charge is 0.303 e. The van der Waals surface area contributed by atoms with Crippen molar-refractivity contribution in [3.05, 3.63) is 35.4 Å². The number of thioether (sulfide) groups is 1. The maximum absolute atomic E-state index is 10.5. The van der Waals surface area contributed by atoms with Gasteiger partial charge in [0.25, 0.3) is 0 Å². The van der Waals surface area contributed by atoms with Crippen LogP contribution in [0.5, 0.6) is 0 Å². The van der Waals surface area contributed by atoms with Crippen molar-refractivity contribution in [2.45, 2.75) is 25.0 Å². The number of nitriles is 1. The fourth-order valence-corrected chi connectivity index (χ4v) is 2.82. The Labute approximate surface area is 116 Å². The lowest BCUT2D eigenvalue weighted by atomic mass is 10.2. The fourth-order valence-electron chi connectivity index (χ4n) is 1.32. The van der Waals surface area contributed by atoms with Gasteiger partial charge in [-0.2, -0.15) is 5.26 Å². The number of benzene rings is 1. The van der Waals surface area contributed by atoms with Gasteiger partial charge in [-0.3, -0.25) is 4.79 Å². The molecule has 0 amide bonds. The third kappa shape index (κ3) is 4.86. The summed E-state index contributed by atoms with van der Waals surface area (Å²) in [7, 11) is 0. The molecule has 1 rings (SSSR count). The van der Waals surface area contributed by atoms with Crippen molar-refractivity contribution >= 4 is 34.1 Å². The number of rotatable bonds is 5. The van der Waals surface area contributed by atoms with Gasteiger partial charge < -0.3 is 5.11 Å². The number of hydrogen-bond donors (Lipinski definition) is 1. The van der Waals surface area contributed by atoms with E-state index in [1.807, 2.05) is 19.1 Å². The van der Waals surface area contributed by atoms with Crippen LogP contribution in [0.4, 0.5) is 0 Å². The molecule has 1 unspecified atom stereocenters. The van der Waals surface area contributed by atoms with Crippen LogP contribution in [0.3, 0.4) is 0 Å². The minimum atomic E-state index is -0.785. The first kappa shape index (κ1) is 14.7. The van der Waals surface area contributed by atoms with E-state index in [-0.39, 0.29) is 11.7 Å². The fraction of sp³-hybridized carbons (Fsp3) is 0.308. The second-order valence-corrected chi connectivity index (χ2v) is 5.95. The summed E-state index contributed by atoms with van der Waals surface area (Å²) >= 11 is 6.78. The lowest BCUT2D eigenvalue weighted by molar-refractivity contribution is -0.137. The minimum absolute atomic E-state index is 0.157. The molecule has 18 heavy (non-hydrogen) atoms. The maximum Gasteiger partial charge on any atom is 0.303 e. The molecular weight excluding hydrogens is 266 g/mol. The van der Waals surface area contributed by atoms with Gasteiger partial charge in [0, 0.05) is 11.7 Å². The van der Waals surface area contributed by atoms with Crippen LogP contribution < -0.4 is 0 Å². The molecule has 1 N–H and O–H groups in total. The lowest BCUT2D eigenvalue weighted by Crippen LogP contribution is -2.05. The molecule has 1 aromatic rings. The van der Waals surface area contributed by atoms with E-state index in [9.17, 15) is 4.79 Å². The lowest BCUT2D eigenvalue weighted by Gasteiger charge is -2.10. The predicted molar refractivity (Wildman–Crippen MR) is 76.8 cm³/mol. The molecule has 1 atom stereocenters. The zero-order chi connectivity index (χ0) is 13.5. The van der Waals surface area contributed by atoms with E-state index < -0.39 is 5.97 Å². The number of thiocarbonyl (C=S) groups is 1. The van der Waals surface area contributed by atoms with E-state index in [2.05, 4.69) is 6.07 Å². The van der Waals surface area contributed by atoms with E-state index in [1.54, 1.807) is 12.1 Å². The first-order chi connectivity index (χ1) is 8.52. The molecule has 5 heteroatoms. The van der Waals surface area contributed by atoms with Crippen molar-refractivity contribution in [2.24, 2.45) is 0 Å². The topological polar surface area (TPSA) is 61.1 Å². The molecule has 0 heterocycles. The first-order valence-electron chi connectivity index (χ1n) is 5.46. The van der Waals surface area contributed by atoms with Crippen LogP contribution in [-0.2, 0) is 4.79 Å². The van der Waals surface area contributed by atoms with Gasteiger partial charge >= 0.3 is 5.97 Å². The van der Waals surface area contributed by atoms with Crippen LogP contribution >= 0.6 is 24.0 Å². The summed E-state index contributed by atoms with van der Waals surface area (Å²) in [6, 6.07) is 9.14. The van der Waals surface area contributed by atoms with E-state index >= 15 is 0 Å². The van der Waals surface area contributed by atoms with Crippen LogP contribution in [0, 0.1) is 11.3 Å². The third-order valence-corrected chi connectivity index (χ3v) is 3.93. The Morgan fingerprint density at radius 3 is 2.61 bits per heavy atom. The summed E-state index contributed by atoms with van der Waals surface area (Å²) in [5.74, 6) is -0.785. The van der Waals surface area contributed by atoms with E-state index in [0.717, 1.165) is 9.76 Å². The molecule has 0 spiro atoms. The number of carbonyl (C=O) groups is 1. The quantitative estimate of drug-likeness (QED) is 0.838. The third-order valence-electron chi connectivity index (χ3n) is 2.32. The molecule has 3 nitrogen and oxygen atoms in total. The zero-order valence-corrected chi connectivity index (χ0v) is 11.6. The number of hydrogen-bond acceptors (Lipinski definition) is 4. The average molecular weight is 279 g/mol. The molecule has 0 bridgehead atoms. The molecule has 0 saturated heterocycles. The van der Waals surface area contributed by atoms with Gasteiger partial charge in [0.2, 0.25) is 0 Å². The standard InChI is InChI=1S/C13H13NO2S2/c1-9(2-7-12(15)16)18-13(17)11-5-3-10(8-14)4-6-11/h3-6,9H,2,7H2,1H3,(H,15,16). The van der Waals surface area contributed by atoms with Gasteiger partial charge in [-0.1, -0.05) is 31.3 Å². The van der Waals surface area contributed by atoms with Gasteiger partial charge in [0.15, 0.2) is 0 Å². The zero-order valence-electron chi connectivity index (χ0n) is 9.92. The highest BCUT2D eigenvalue weighted by molar-refractivity contribution is 8.24. The Balaban J connectivity index is 2.54. The molecular formula is C13H13NO2S2. The van der Waals surface area contributed by atoms with Crippen molar-refractivity contribution < 1.29 is 9.90 Å². The van der Waals surface area contributed by atoms with Crippen molar-refractivity contribution in [3.8, 4) is 6.07 Å². The first-order valence-corrected chi connectivity index (χ1v) is 6.74. The Kier molecular flexibility index (Phi) is 5.83. The van der Waals surface area contributed by atoms with Crippen molar-refractivity contribution in [1.82, 2.24) is 0 Å². The number of carboxylic acid groups (broad SMARTS) is 1. The Hall–Kier alpha value is -1.38. The van der Waals surface area contributed by atoms with E-state index in [1.165, 1.54) is 11.8 Å². The van der Waals surface area contributed by atoms with Gasteiger partial charge in [-0.15, -0.1) is 11.8 Å². The maximum atomic E-state index is 10.5. The second kappa shape index (κ2) is 7.14. The van der Waals surface area contributed by atoms with Crippen LogP contribution in [0.1, 0.15) is 30.9 Å². The van der Waals surface area contributed by atoms with Crippen LogP contribution in [0.15, 0.2) is 24.3 Å². The van der Waals surface area contributed by atoms with Crippen LogP contribution in [0.25, 0.3) is 0 Å². The Morgan fingerprint density at radius 2 is 2.11 bits per heavy atom. The van der Waals surface area contributed by atoms with Gasteiger partial charge in [0.05, 0.1) is 15.8 Å². The SMILES string of the molecule is CC(CCC(=O)O)SC(=S)c1ccc(C#N)cc1. The summed E-state index contributed by atoms with van der Waals surface area (Å²) in [6.07, 6.45) is 0.751. The molecule has 0 aliphatic heterocycles. The molecule has 1 aromatic carbocycles. The molecule has 0 fully saturated rings. The minimum Gasteiger partial charge on any atom is -0.481 e. The Morgan fingerprint density at radius 1 is 1.50 bits per heavy atom. The van der Waals surface area contributed by atoms with Gasteiger partial charge in [0.1, 0.15) is 0 Å². The van der Waals surface area contributed by atoms with Crippen molar-refractivity contribution in [3.63, 3.8) is 0 Å². The largest absolute Gasteiger partial charge is 0.481 e. The summed E-state index contributed by atoms with van der Waals surface area (Å²) in [4.78, 5) is 10.5. The molecule has 0 aromatic heterocycles. The van der Waals surface area contributed by atoms with Crippen molar-refractivity contribution in [2.75, 3.05) is 0 Å². The molecule has 0 radical (unpaired) electrons. The highest BCUT2D eigenvalue weighted by atomic mass is 32.2. The summed E-state index contributed by atoms with van der Waals surface area (Å²) in [5, 5.41) is 17.5. The Bertz CT molecular complexity index is 477. The van der Waals surface area contributed by atoms with E-state index in [4.69, 9.17) is 22.6 Å². The van der Waals surface area contributed by atoms with Gasteiger partial charge in [-0.25, -0.2) is 0 Å². The number of nitrogens with zero attached hydrogens (tertiary/aromatic N) is 1. The summed E-state index contributed by atoms with van der Waals surface area (Å²) in [5.41, 5.74) is 1.50. The summed E-state index contributed by atoms with van der Waals surface area (Å²) in [6.45, 7) is 1.96. The van der Waals surface area contributed by atoms with Crippen molar-refractivity contribution in [1.29, 1.82) is 5.26 Å². The predicted octanol–water partition coefficient (Wildman–Crippen LogP) is 3.22. The van der Waals surface area contributed by atoms with Crippen LogP contribution in [0.2, 0.25) is 0 Å². The monoisotopic (exact) mass is 279 g/mol. The number of carboxylic acids is 1. The molecule has 94 valence electrons. The molecule has 0 aliphatic carbocycles. The molecule has 0 saturated carbocycles. The number of aliphatic carboxylic acids is 1. The molecule has 0 aliphatic rings. The summed E-state index contributed by atoms with van der Waals surface area (Å²) < 4.78 is 0.734. The van der Waals surface area contributed by atoms with Crippen LogP contribution in [-0.4, -0.2) is 20.5 Å². The normalized spacial score (nSPS) is 11.6. The second-order valence-electron chi connectivity index (χ2n) is 3.84. The van der Waals surface area contributed by atoms with E-state index in [0.29, 0.717) is 12.0 Å².